The van der Waals surface area contributed by atoms with E-state index < -0.39 is 8.56 Å². The van der Waals surface area contributed by atoms with Crippen molar-refractivity contribution in [2.24, 2.45) is 0 Å². The fourth-order valence-corrected chi connectivity index (χ4v) is 9.15. The van der Waals surface area contributed by atoms with Crippen LogP contribution in [0.5, 0.6) is 0 Å². The average Bonchev–Trinajstić information content (AvgIpc) is 3.03. The molecule has 44 heavy (non-hydrogen) atoms. The second-order valence-corrected chi connectivity index (χ2v) is 18.0. The third-order valence-electron chi connectivity index (χ3n) is 9.58. The highest BCUT2D eigenvalue weighted by molar-refractivity contribution is 6.66. The van der Waals surface area contributed by atoms with E-state index in [1.54, 1.807) is 0 Å². The summed E-state index contributed by atoms with van der Waals surface area (Å²) in [5.41, 5.74) is 0. The molecule has 0 saturated carbocycles. The monoisotopic (exact) mass is 659 g/mol. The van der Waals surface area contributed by atoms with Gasteiger partial charge in [-0.05, 0) is 31.9 Å². The molecule has 2 nitrogen and oxygen atoms in total. The van der Waals surface area contributed by atoms with Gasteiger partial charge in [-0.3, -0.25) is 0 Å². The van der Waals surface area contributed by atoms with Gasteiger partial charge in [0.25, 0.3) is 0 Å². The van der Waals surface area contributed by atoms with Crippen LogP contribution in [-0.2, 0) is 8.85 Å². The standard InChI is InChI=1S/C40H83ClO2Si/c1-4-6-8-10-12-14-16-18-20-22-24-26-28-30-32-34-38-42-44(3,40-36-37-41)43-39-35-33-31-29-27-25-23-21-19-17-15-13-11-9-7-5-2/h4-40H2,1-3H3. The van der Waals surface area contributed by atoms with E-state index in [9.17, 15) is 0 Å². The largest absolute Gasteiger partial charge is 0.394 e. The summed E-state index contributed by atoms with van der Waals surface area (Å²) in [5.74, 6) is 0.716. The van der Waals surface area contributed by atoms with Crippen LogP contribution < -0.4 is 0 Å². The molecule has 0 aliphatic carbocycles. The molecule has 0 amide bonds. The molecule has 0 unspecified atom stereocenters. The van der Waals surface area contributed by atoms with Crippen molar-refractivity contribution in [3.63, 3.8) is 0 Å². The van der Waals surface area contributed by atoms with Gasteiger partial charge in [0.2, 0.25) is 0 Å². The van der Waals surface area contributed by atoms with Crippen molar-refractivity contribution in [1.82, 2.24) is 0 Å². The molecule has 0 rings (SSSR count). The molecule has 0 fully saturated rings. The quantitative estimate of drug-likeness (QED) is 0.0371. The lowest BCUT2D eigenvalue weighted by molar-refractivity contribution is 0.166. The lowest BCUT2D eigenvalue weighted by Gasteiger charge is -2.27. The van der Waals surface area contributed by atoms with Gasteiger partial charge in [0.05, 0.1) is 0 Å². The molecular weight excluding hydrogens is 576 g/mol. The molecule has 0 heterocycles. The van der Waals surface area contributed by atoms with Crippen LogP contribution >= 0.6 is 11.6 Å². The average molecular weight is 660 g/mol. The second-order valence-electron chi connectivity index (χ2n) is 14.2. The number of hydrogen-bond donors (Lipinski definition) is 0. The zero-order chi connectivity index (χ0) is 32.1. The van der Waals surface area contributed by atoms with Gasteiger partial charge in [-0.1, -0.05) is 206 Å². The van der Waals surface area contributed by atoms with Crippen molar-refractivity contribution in [2.75, 3.05) is 19.1 Å². The first kappa shape index (κ1) is 44.4. The van der Waals surface area contributed by atoms with Gasteiger partial charge in [-0.15, -0.1) is 11.6 Å². The van der Waals surface area contributed by atoms with Crippen molar-refractivity contribution < 1.29 is 8.85 Å². The molecule has 0 aromatic heterocycles. The van der Waals surface area contributed by atoms with Crippen LogP contribution in [0.4, 0.5) is 0 Å². The Kier molecular flexibility index (Phi) is 38.2. The number of alkyl halides is 1. The molecule has 0 saturated heterocycles. The summed E-state index contributed by atoms with van der Waals surface area (Å²) in [7, 11) is -2.07. The Morgan fingerprint density at radius 2 is 0.568 bits per heavy atom. The van der Waals surface area contributed by atoms with Crippen LogP contribution in [0.2, 0.25) is 12.6 Å². The second kappa shape index (κ2) is 37.9. The maximum Gasteiger partial charge on any atom is 0.334 e. The zero-order valence-electron chi connectivity index (χ0n) is 30.9. The lowest BCUT2D eigenvalue weighted by atomic mass is 10.0. The molecule has 0 aliphatic heterocycles. The summed E-state index contributed by atoms with van der Waals surface area (Å²) < 4.78 is 12.9. The van der Waals surface area contributed by atoms with E-state index in [2.05, 4.69) is 20.4 Å². The zero-order valence-corrected chi connectivity index (χ0v) is 32.6. The molecule has 0 atom stereocenters. The fraction of sp³-hybridized carbons (Fsp3) is 1.00. The van der Waals surface area contributed by atoms with Crippen molar-refractivity contribution >= 4 is 20.2 Å². The Labute approximate surface area is 285 Å². The van der Waals surface area contributed by atoms with Gasteiger partial charge in [0.15, 0.2) is 0 Å². The molecule has 0 aliphatic rings. The van der Waals surface area contributed by atoms with Gasteiger partial charge in [0, 0.05) is 19.1 Å². The van der Waals surface area contributed by atoms with Gasteiger partial charge in [-0.25, -0.2) is 0 Å². The summed E-state index contributed by atoms with van der Waals surface area (Å²) in [6.07, 6.45) is 46.1. The minimum Gasteiger partial charge on any atom is -0.394 e. The minimum atomic E-state index is -2.07. The molecule has 0 N–H and O–H groups in total. The molecular formula is C40H83ClO2Si. The third-order valence-corrected chi connectivity index (χ3v) is 12.7. The summed E-state index contributed by atoms with van der Waals surface area (Å²) in [4.78, 5) is 0. The van der Waals surface area contributed by atoms with E-state index in [0.29, 0.717) is 5.88 Å². The van der Waals surface area contributed by atoms with Gasteiger partial charge in [-0.2, -0.15) is 0 Å². The highest BCUT2D eigenvalue weighted by Crippen LogP contribution is 2.20. The first-order valence-corrected chi connectivity index (χ1v) is 23.6. The molecule has 0 bridgehead atoms. The third kappa shape index (κ3) is 35.3. The Bertz CT molecular complexity index is 480. The maximum absolute atomic E-state index is 6.44. The van der Waals surface area contributed by atoms with Crippen LogP contribution in [0, 0.1) is 0 Å². The first-order chi connectivity index (χ1) is 21.7. The van der Waals surface area contributed by atoms with E-state index in [0.717, 1.165) is 25.7 Å². The van der Waals surface area contributed by atoms with E-state index >= 15 is 0 Å². The summed E-state index contributed by atoms with van der Waals surface area (Å²) in [6.45, 7) is 8.63. The smallest absolute Gasteiger partial charge is 0.334 e. The van der Waals surface area contributed by atoms with Crippen LogP contribution in [0.15, 0.2) is 0 Å². The van der Waals surface area contributed by atoms with Crippen LogP contribution in [0.3, 0.4) is 0 Å². The number of rotatable bonds is 39. The highest BCUT2D eigenvalue weighted by Gasteiger charge is 2.30. The van der Waals surface area contributed by atoms with Crippen LogP contribution in [-0.4, -0.2) is 27.7 Å². The van der Waals surface area contributed by atoms with Crippen molar-refractivity contribution in [1.29, 1.82) is 0 Å². The summed E-state index contributed by atoms with van der Waals surface area (Å²) in [6, 6.07) is 1.04. The number of unbranched alkanes of at least 4 members (excludes halogenated alkanes) is 30. The van der Waals surface area contributed by atoms with Gasteiger partial charge in [0.1, 0.15) is 0 Å². The fourth-order valence-electron chi connectivity index (χ4n) is 6.45. The predicted octanol–water partition coefficient (Wildman–Crippen LogP) is 15.2. The Balaban J connectivity index is 3.56. The van der Waals surface area contributed by atoms with Crippen molar-refractivity contribution in [3.8, 4) is 0 Å². The van der Waals surface area contributed by atoms with E-state index in [1.165, 1.54) is 205 Å². The SMILES string of the molecule is CCCCCCCCCCCCCCCCCCO[Si](C)(CCCCl)OCCCCCCCCCCCCCCCCCC. The Hall–Kier alpha value is 0.427. The van der Waals surface area contributed by atoms with Gasteiger partial charge < -0.3 is 8.85 Å². The van der Waals surface area contributed by atoms with E-state index in [1.807, 2.05) is 0 Å². The summed E-state index contributed by atoms with van der Waals surface area (Å²) >= 11 is 6.03. The van der Waals surface area contributed by atoms with Crippen molar-refractivity contribution in [2.45, 2.75) is 238 Å². The van der Waals surface area contributed by atoms with Gasteiger partial charge >= 0.3 is 8.56 Å². The summed E-state index contributed by atoms with van der Waals surface area (Å²) in [5, 5.41) is 0. The minimum absolute atomic E-state index is 0.716. The predicted molar refractivity (Wildman–Crippen MR) is 203 cm³/mol. The molecule has 4 heteroatoms. The van der Waals surface area contributed by atoms with E-state index in [4.69, 9.17) is 20.5 Å². The molecule has 0 spiro atoms. The lowest BCUT2D eigenvalue weighted by Crippen LogP contribution is -2.39. The van der Waals surface area contributed by atoms with E-state index in [-0.39, 0.29) is 0 Å². The maximum atomic E-state index is 6.44. The van der Waals surface area contributed by atoms with Crippen molar-refractivity contribution in [3.05, 3.63) is 0 Å². The van der Waals surface area contributed by atoms with Crippen LogP contribution in [0.1, 0.15) is 226 Å². The molecule has 0 aromatic rings. The highest BCUT2D eigenvalue weighted by atomic mass is 35.5. The topological polar surface area (TPSA) is 18.5 Å². The Morgan fingerprint density at radius 3 is 0.795 bits per heavy atom. The van der Waals surface area contributed by atoms with Crippen LogP contribution in [0.25, 0.3) is 0 Å². The normalized spacial score (nSPS) is 12.0. The molecule has 0 radical (unpaired) electrons. The number of halogens is 1. The molecule has 0 aromatic carbocycles. The Morgan fingerprint density at radius 1 is 0.341 bits per heavy atom. The molecule has 266 valence electrons. The first-order valence-electron chi connectivity index (χ1n) is 20.5. The number of hydrogen-bond acceptors (Lipinski definition) is 2.